The first kappa shape index (κ1) is 21.1. The van der Waals surface area contributed by atoms with Crippen molar-refractivity contribution >= 4 is 5.69 Å². The van der Waals surface area contributed by atoms with E-state index in [2.05, 4.69) is 15.3 Å². The Bertz CT molecular complexity index is 766. The van der Waals surface area contributed by atoms with Gasteiger partial charge in [-0.25, -0.2) is 22.5 Å². The van der Waals surface area contributed by atoms with E-state index in [0.29, 0.717) is 6.42 Å². The van der Waals surface area contributed by atoms with E-state index in [9.17, 15) is 22.7 Å². The minimum atomic E-state index is -2.86. The monoisotopic (exact) mass is 385 g/mol. The molecule has 1 atom stereocenters. The molecule has 148 valence electrons. The largest absolute Gasteiger partial charge is 0.388 e. The van der Waals surface area contributed by atoms with E-state index in [4.69, 9.17) is 0 Å². The zero-order chi connectivity index (χ0) is 20.2. The molecule has 8 heteroatoms. The van der Waals surface area contributed by atoms with Crippen LogP contribution in [0.2, 0.25) is 0 Å². The molecule has 0 saturated carbocycles. The highest BCUT2D eigenvalue weighted by molar-refractivity contribution is 5.63. The minimum absolute atomic E-state index is 0.0801. The van der Waals surface area contributed by atoms with Crippen molar-refractivity contribution in [3.63, 3.8) is 0 Å². The third-order valence-corrected chi connectivity index (χ3v) is 3.94. The summed E-state index contributed by atoms with van der Waals surface area (Å²) in [5.74, 6) is 0.243. The van der Waals surface area contributed by atoms with Crippen molar-refractivity contribution in [2.45, 2.75) is 45.6 Å². The van der Waals surface area contributed by atoms with E-state index in [1.54, 1.807) is 6.92 Å². The molecule has 0 bridgehead atoms. The molecule has 0 unspecified atom stereocenters. The van der Waals surface area contributed by atoms with Crippen LogP contribution >= 0.6 is 0 Å². The smallest absolute Gasteiger partial charge is 0.282 e. The average molecular weight is 385 g/mol. The van der Waals surface area contributed by atoms with Gasteiger partial charge in [-0.1, -0.05) is 13.8 Å². The van der Waals surface area contributed by atoms with E-state index in [1.807, 2.05) is 13.8 Å². The highest BCUT2D eigenvalue weighted by Gasteiger charge is 2.24. The fraction of sp³-hybridized carbons (Fsp3) is 0.474. The maximum atomic E-state index is 13.5. The van der Waals surface area contributed by atoms with E-state index >= 15 is 0 Å². The van der Waals surface area contributed by atoms with Crippen LogP contribution in [-0.4, -0.2) is 27.2 Å². The molecule has 4 nitrogen and oxygen atoms in total. The van der Waals surface area contributed by atoms with Crippen LogP contribution in [0.5, 0.6) is 0 Å². The first-order chi connectivity index (χ1) is 12.6. The Morgan fingerprint density at radius 1 is 1.11 bits per heavy atom. The molecule has 2 aromatic heterocycles. The predicted octanol–water partition coefficient (Wildman–Crippen LogP) is 5.23. The number of aliphatic hydroxyl groups is 1. The molecule has 27 heavy (non-hydrogen) atoms. The molecule has 0 aliphatic rings. The molecular formula is C19H23F4N3O. The van der Waals surface area contributed by atoms with E-state index in [-0.39, 0.29) is 29.4 Å². The Morgan fingerprint density at radius 3 is 2.41 bits per heavy atom. The number of pyridine rings is 2. The molecule has 0 amide bonds. The summed E-state index contributed by atoms with van der Waals surface area (Å²) in [4.78, 5) is 7.49. The first-order valence-electron chi connectivity index (χ1n) is 8.59. The fourth-order valence-corrected chi connectivity index (χ4v) is 2.92. The second kappa shape index (κ2) is 8.65. The number of anilines is 1. The van der Waals surface area contributed by atoms with Crippen molar-refractivity contribution < 1.29 is 22.7 Å². The summed E-state index contributed by atoms with van der Waals surface area (Å²) in [6.07, 6.45) is -3.93. The van der Waals surface area contributed by atoms with Crippen LogP contribution < -0.4 is 5.32 Å². The van der Waals surface area contributed by atoms with Gasteiger partial charge >= 0.3 is 0 Å². The molecule has 0 aliphatic carbocycles. The maximum absolute atomic E-state index is 13.5. The van der Waals surface area contributed by atoms with Gasteiger partial charge in [-0.05, 0) is 43.5 Å². The summed E-state index contributed by atoms with van der Waals surface area (Å²) >= 11 is 0. The van der Waals surface area contributed by atoms with Crippen molar-refractivity contribution in [1.29, 1.82) is 0 Å². The first-order valence-corrected chi connectivity index (χ1v) is 8.59. The Hall–Kier alpha value is -2.22. The summed E-state index contributed by atoms with van der Waals surface area (Å²) in [5, 5.41) is 13.2. The predicted molar refractivity (Wildman–Crippen MR) is 96.0 cm³/mol. The van der Waals surface area contributed by atoms with Crippen LogP contribution in [0.3, 0.4) is 0 Å². The second-order valence-corrected chi connectivity index (χ2v) is 7.15. The van der Waals surface area contributed by atoms with Gasteiger partial charge in [-0.3, -0.25) is 4.98 Å². The Morgan fingerprint density at radius 2 is 1.81 bits per heavy atom. The van der Waals surface area contributed by atoms with Crippen LogP contribution in [0.1, 0.15) is 51.4 Å². The van der Waals surface area contributed by atoms with E-state index < -0.39 is 29.8 Å². The number of aromatic nitrogens is 2. The van der Waals surface area contributed by atoms with Crippen molar-refractivity contribution in [2.75, 3.05) is 11.9 Å². The lowest BCUT2D eigenvalue weighted by atomic mass is 9.94. The van der Waals surface area contributed by atoms with Crippen molar-refractivity contribution in [3.05, 3.63) is 41.9 Å². The molecule has 0 aliphatic heterocycles. The second-order valence-electron chi connectivity index (χ2n) is 7.15. The molecule has 2 N–H and O–H groups in total. The molecule has 2 heterocycles. The van der Waals surface area contributed by atoms with Crippen LogP contribution in [-0.2, 0) is 0 Å². The topological polar surface area (TPSA) is 58.0 Å². The Labute approximate surface area is 155 Å². The minimum Gasteiger partial charge on any atom is -0.388 e. The van der Waals surface area contributed by atoms with Gasteiger partial charge in [0.2, 0.25) is 0 Å². The standard InChI is InChI=1S/C19H23F4N3O/c1-11(2)9-19(3,27)10-25-14-5-4-13(26-16(14)18(22)23)12-6-7-24-15(8-12)17(20)21/h4-8,11,17-18,25,27H,9-10H2,1-3H3/t19-/m0/s1. The van der Waals surface area contributed by atoms with Gasteiger partial charge in [-0.15, -0.1) is 0 Å². The van der Waals surface area contributed by atoms with Gasteiger partial charge in [-0.2, -0.15) is 0 Å². The Kier molecular flexibility index (Phi) is 6.75. The lowest BCUT2D eigenvalue weighted by Gasteiger charge is -2.26. The maximum Gasteiger partial charge on any atom is 0.282 e. The van der Waals surface area contributed by atoms with Gasteiger partial charge < -0.3 is 10.4 Å². The quantitative estimate of drug-likeness (QED) is 0.611. The number of alkyl halides is 4. The average Bonchev–Trinajstić information content (AvgIpc) is 2.58. The normalized spacial score (nSPS) is 14.0. The summed E-state index contributed by atoms with van der Waals surface area (Å²) in [6.45, 7) is 5.62. The number of hydrogen-bond acceptors (Lipinski definition) is 4. The third kappa shape index (κ3) is 5.89. The molecule has 2 rings (SSSR count). The molecular weight excluding hydrogens is 362 g/mol. The van der Waals surface area contributed by atoms with Crippen LogP contribution in [0.15, 0.2) is 30.5 Å². The fourth-order valence-electron chi connectivity index (χ4n) is 2.92. The van der Waals surface area contributed by atoms with Crippen LogP contribution in [0.25, 0.3) is 11.3 Å². The van der Waals surface area contributed by atoms with E-state index in [0.717, 1.165) is 6.07 Å². The highest BCUT2D eigenvalue weighted by atomic mass is 19.3. The van der Waals surface area contributed by atoms with Crippen molar-refractivity contribution in [2.24, 2.45) is 5.92 Å². The number of nitrogens with zero attached hydrogens (tertiary/aromatic N) is 2. The van der Waals surface area contributed by atoms with E-state index in [1.165, 1.54) is 24.4 Å². The Balaban J connectivity index is 2.28. The zero-order valence-electron chi connectivity index (χ0n) is 15.4. The lowest BCUT2D eigenvalue weighted by molar-refractivity contribution is 0.0514. The summed E-state index contributed by atoms with van der Waals surface area (Å²) in [5.41, 5.74) is -1.48. The van der Waals surface area contributed by atoms with Gasteiger partial charge in [0.05, 0.1) is 17.0 Å². The molecule has 0 saturated heterocycles. The third-order valence-electron chi connectivity index (χ3n) is 3.94. The van der Waals surface area contributed by atoms with Crippen LogP contribution in [0.4, 0.5) is 23.2 Å². The molecule has 0 radical (unpaired) electrons. The van der Waals surface area contributed by atoms with Gasteiger partial charge in [0.15, 0.2) is 0 Å². The van der Waals surface area contributed by atoms with Gasteiger partial charge in [0, 0.05) is 18.3 Å². The highest BCUT2D eigenvalue weighted by Crippen LogP contribution is 2.30. The van der Waals surface area contributed by atoms with Crippen molar-refractivity contribution in [1.82, 2.24) is 9.97 Å². The SMILES string of the molecule is CC(C)C[C@](C)(O)CNc1ccc(-c2ccnc(C(F)F)c2)nc1C(F)F. The summed E-state index contributed by atoms with van der Waals surface area (Å²) in [6, 6.07) is 5.44. The number of rotatable bonds is 8. The summed E-state index contributed by atoms with van der Waals surface area (Å²) < 4.78 is 52.5. The number of halogens is 4. The molecule has 0 aromatic carbocycles. The van der Waals surface area contributed by atoms with Gasteiger partial charge in [0.1, 0.15) is 11.4 Å². The number of nitrogens with one attached hydrogen (secondary N) is 1. The summed E-state index contributed by atoms with van der Waals surface area (Å²) in [7, 11) is 0. The number of hydrogen-bond donors (Lipinski definition) is 2. The molecule has 0 spiro atoms. The molecule has 2 aromatic rings. The van der Waals surface area contributed by atoms with Crippen molar-refractivity contribution in [3.8, 4) is 11.3 Å². The van der Waals surface area contributed by atoms with Crippen LogP contribution in [0, 0.1) is 5.92 Å². The zero-order valence-corrected chi connectivity index (χ0v) is 15.4. The molecule has 0 fully saturated rings. The van der Waals surface area contributed by atoms with Gasteiger partial charge in [0.25, 0.3) is 12.9 Å². The lowest BCUT2D eigenvalue weighted by Crippen LogP contribution is -2.35.